The average molecular weight is 335 g/mol. The van der Waals surface area contributed by atoms with E-state index in [-0.39, 0.29) is 5.60 Å². The molecule has 1 atom stereocenters. The molecule has 1 fully saturated rings. The Kier molecular flexibility index (Phi) is 4.61. The van der Waals surface area contributed by atoms with Crippen LogP contribution in [0, 0.1) is 0 Å². The number of hydrogen-bond donors (Lipinski definition) is 0. The fourth-order valence-electron chi connectivity index (χ4n) is 3.64. The first-order valence-electron chi connectivity index (χ1n) is 7.58. The molecule has 0 spiro atoms. The predicted octanol–water partition coefficient (Wildman–Crippen LogP) is 4.68. The molecule has 1 saturated heterocycles. The van der Waals surface area contributed by atoms with Gasteiger partial charge in [0.05, 0.1) is 5.60 Å². The molecule has 1 aliphatic heterocycles. The molecule has 1 unspecified atom stereocenters. The quantitative estimate of drug-likeness (QED) is 0.697. The van der Waals surface area contributed by atoms with Gasteiger partial charge in [0.15, 0.2) is 8.32 Å². The number of hydrogen-bond acceptors (Lipinski definition) is 2. The summed E-state index contributed by atoms with van der Waals surface area (Å²) < 4.78 is 13.6. The minimum atomic E-state index is -2.03. The van der Waals surface area contributed by atoms with Gasteiger partial charge in [0.25, 0.3) is 0 Å². The van der Waals surface area contributed by atoms with E-state index < -0.39 is 31.1 Å². The van der Waals surface area contributed by atoms with Crippen LogP contribution in [-0.2, 0) is 8.54 Å². The molecule has 114 valence electrons. The van der Waals surface area contributed by atoms with Gasteiger partial charge in [0.1, 0.15) is 7.11 Å². The largest absolute Gasteiger partial charge is 0.439 e. The number of rotatable bonds is 3. The molecular formula is C13H34O2Si4. The summed E-state index contributed by atoms with van der Waals surface area (Å²) in [5.74, 6) is 0. The molecule has 0 aromatic carbocycles. The van der Waals surface area contributed by atoms with Crippen molar-refractivity contribution >= 4 is 31.1 Å². The summed E-state index contributed by atoms with van der Waals surface area (Å²) in [7, 11) is -6.25. The fourth-order valence-corrected chi connectivity index (χ4v) is 43.9. The van der Waals surface area contributed by atoms with E-state index in [0.29, 0.717) is 0 Å². The second kappa shape index (κ2) is 4.91. The Morgan fingerprint density at radius 1 is 1.11 bits per heavy atom. The van der Waals surface area contributed by atoms with Crippen molar-refractivity contribution < 1.29 is 8.54 Å². The van der Waals surface area contributed by atoms with Gasteiger partial charge >= 0.3 is 8.08 Å². The van der Waals surface area contributed by atoms with Crippen molar-refractivity contribution in [2.75, 3.05) is 0 Å². The zero-order valence-electron chi connectivity index (χ0n) is 14.7. The highest BCUT2D eigenvalue weighted by atomic mass is 29.7. The maximum absolute atomic E-state index is 6.85. The lowest BCUT2D eigenvalue weighted by Gasteiger charge is -2.60. The van der Waals surface area contributed by atoms with Crippen LogP contribution in [0.4, 0.5) is 0 Å². The van der Waals surface area contributed by atoms with Crippen LogP contribution in [0.5, 0.6) is 0 Å². The first-order chi connectivity index (χ1) is 8.18. The van der Waals surface area contributed by atoms with Crippen molar-refractivity contribution in [1.29, 1.82) is 0 Å². The fraction of sp³-hybridized carbons (Fsp3) is 1.00. The standard InChI is InChI=1S/C13H34O2Si4/c1-11-19(15-16(4,5)6)14-13(2,3)12-17(7,8)18(19,9)10/h11-12H2,1-10H3. The van der Waals surface area contributed by atoms with Crippen LogP contribution in [0.15, 0.2) is 0 Å². The summed E-state index contributed by atoms with van der Waals surface area (Å²) in [6, 6.07) is 2.43. The van der Waals surface area contributed by atoms with Crippen molar-refractivity contribution in [3.05, 3.63) is 0 Å². The summed E-state index contributed by atoms with van der Waals surface area (Å²) in [5.41, 5.74) is 0.0279. The van der Waals surface area contributed by atoms with Gasteiger partial charge < -0.3 is 8.54 Å². The van der Waals surface area contributed by atoms with E-state index in [9.17, 15) is 0 Å². The van der Waals surface area contributed by atoms with Crippen LogP contribution in [-0.4, -0.2) is 36.7 Å². The zero-order chi connectivity index (χ0) is 15.3. The summed E-state index contributed by atoms with van der Waals surface area (Å²) in [6.07, 6.45) is 0. The molecule has 1 heterocycles. The molecule has 0 saturated carbocycles. The zero-order valence-corrected chi connectivity index (χ0v) is 18.7. The van der Waals surface area contributed by atoms with Crippen LogP contribution < -0.4 is 0 Å². The summed E-state index contributed by atoms with van der Waals surface area (Å²) in [6.45, 7) is 24.2. The van der Waals surface area contributed by atoms with Crippen molar-refractivity contribution in [2.45, 2.75) is 84.3 Å². The Labute approximate surface area is 124 Å². The van der Waals surface area contributed by atoms with E-state index in [0.717, 1.165) is 6.04 Å². The average Bonchev–Trinajstić information content (AvgIpc) is 2.09. The topological polar surface area (TPSA) is 18.5 Å². The lowest BCUT2D eigenvalue weighted by molar-refractivity contribution is 0.0918. The SMILES string of the molecule is CC[Si]1(O[Si](C)(C)C)OC(C)(C)C[Si](C)(C)[Si]1(C)C. The smallest absolute Gasteiger partial charge is 0.303 e. The van der Waals surface area contributed by atoms with E-state index in [4.69, 9.17) is 8.54 Å². The molecule has 0 bridgehead atoms. The first-order valence-corrected chi connectivity index (χ1v) is 21.2. The van der Waals surface area contributed by atoms with Gasteiger partial charge in [-0.2, -0.15) is 0 Å². The summed E-state index contributed by atoms with van der Waals surface area (Å²) in [5, 5.41) is 0. The third-order valence-corrected chi connectivity index (χ3v) is 45.7. The third-order valence-electron chi connectivity index (χ3n) is 4.89. The Morgan fingerprint density at radius 3 is 1.95 bits per heavy atom. The van der Waals surface area contributed by atoms with Gasteiger partial charge in [0, 0.05) is 7.59 Å². The maximum Gasteiger partial charge on any atom is 0.303 e. The van der Waals surface area contributed by atoms with Crippen molar-refractivity contribution in [3.63, 3.8) is 0 Å². The predicted molar refractivity (Wildman–Crippen MR) is 95.6 cm³/mol. The van der Waals surface area contributed by atoms with Crippen molar-refractivity contribution in [3.8, 4) is 0 Å². The van der Waals surface area contributed by atoms with Crippen LogP contribution in [0.1, 0.15) is 20.8 Å². The van der Waals surface area contributed by atoms with E-state index >= 15 is 0 Å². The third kappa shape index (κ3) is 3.34. The second-order valence-corrected chi connectivity index (χ2v) is 39.0. The van der Waals surface area contributed by atoms with Gasteiger partial charge in [-0.05, 0) is 45.6 Å². The van der Waals surface area contributed by atoms with Crippen LogP contribution in [0.2, 0.25) is 57.9 Å². The second-order valence-electron chi connectivity index (χ2n) is 8.87. The van der Waals surface area contributed by atoms with Gasteiger partial charge in [-0.1, -0.05) is 33.1 Å². The molecule has 6 heteroatoms. The Morgan fingerprint density at radius 2 is 1.58 bits per heavy atom. The molecule has 0 N–H and O–H groups in total. The molecule has 1 rings (SSSR count). The Balaban J connectivity index is 3.32. The highest BCUT2D eigenvalue weighted by molar-refractivity contribution is 7.67. The van der Waals surface area contributed by atoms with Gasteiger partial charge in [-0.3, -0.25) is 0 Å². The normalized spacial score (nSPS) is 33.2. The lowest BCUT2D eigenvalue weighted by atomic mass is 10.2. The molecule has 0 aliphatic carbocycles. The molecule has 0 aromatic rings. The summed E-state index contributed by atoms with van der Waals surface area (Å²) >= 11 is 0. The molecule has 0 radical (unpaired) electrons. The van der Waals surface area contributed by atoms with Crippen LogP contribution >= 0.6 is 0 Å². The lowest BCUT2D eigenvalue weighted by Crippen LogP contribution is -2.82. The van der Waals surface area contributed by atoms with Gasteiger partial charge in [-0.15, -0.1) is 0 Å². The van der Waals surface area contributed by atoms with E-state index in [1.54, 1.807) is 0 Å². The van der Waals surface area contributed by atoms with Crippen molar-refractivity contribution in [1.82, 2.24) is 0 Å². The highest BCUT2D eigenvalue weighted by Gasteiger charge is 2.66. The van der Waals surface area contributed by atoms with Crippen molar-refractivity contribution in [2.24, 2.45) is 0 Å². The Hall–Kier alpha value is 0.788. The molecule has 0 amide bonds. The monoisotopic (exact) mass is 334 g/mol. The highest BCUT2D eigenvalue weighted by Crippen LogP contribution is 2.46. The van der Waals surface area contributed by atoms with E-state index in [1.165, 1.54) is 6.04 Å². The minimum absolute atomic E-state index is 0.0279. The molecular weight excluding hydrogens is 300 g/mol. The van der Waals surface area contributed by atoms with Gasteiger partial charge in [-0.25, -0.2) is 0 Å². The molecule has 0 aromatic heterocycles. The van der Waals surface area contributed by atoms with Crippen LogP contribution in [0.25, 0.3) is 0 Å². The Bertz CT molecular complexity index is 343. The molecule has 19 heavy (non-hydrogen) atoms. The molecule has 1 aliphatic rings. The van der Waals surface area contributed by atoms with Gasteiger partial charge in [0.2, 0.25) is 0 Å². The van der Waals surface area contributed by atoms with Crippen LogP contribution in [0.3, 0.4) is 0 Å². The summed E-state index contributed by atoms with van der Waals surface area (Å²) in [4.78, 5) is 0. The van der Waals surface area contributed by atoms with E-state index in [1.807, 2.05) is 0 Å². The molecule has 2 nitrogen and oxygen atoms in total. The first kappa shape index (κ1) is 17.8. The minimum Gasteiger partial charge on any atom is -0.439 e. The maximum atomic E-state index is 6.85. The van der Waals surface area contributed by atoms with E-state index in [2.05, 4.69) is 66.6 Å².